The second kappa shape index (κ2) is 6.13. The summed E-state index contributed by atoms with van der Waals surface area (Å²) in [5.74, 6) is 0.984. The van der Waals surface area contributed by atoms with Crippen LogP contribution in [0.1, 0.15) is 5.56 Å². The van der Waals surface area contributed by atoms with Crippen molar-refractivity contribution in [1.82, 2.24) is 4.98 Å². The summed E-state index contributed by atoms with van der Waals surface area (Å²) in [4.78, 5) is 18.0. The molecule has 0 fully saturated rings. The van der Waals surface area contributed by atoms with Gasteiger partial charge in [-0.15, -0.1) is 0 Å². The fourth-order valence-corrected chi connectivity index (χ4v) is 1.80. The highest BCUT2D eigenvalue weighted by Crippen LogP contribution is 2.20. The summed E-state index contributed by atoms with van der Waals surface area (Å²) in [5.41, 5.74) is 2.03. The van der Waals surface area contributed by atoms with E-state index in [1.807, 2.05) is 32.0 Å². The van der Waals surface area contributed by atoms with Gasteiger partial charge in [0.15, 0.2) is 0 Å². The van der Waals surface area contributed by atoms with Crippen molar-refractivity contribution in [3.8, 4) is 5.75 Å². The number of anilines is 3. The van der Waals surface area contributed by atoms with Crippen molar-refractivity contribution >= 4 is 23.2 Å². The third kappa shape index (κ3) is 3.85. The Morgan fingerprint density at radius 2 is 1.95 bits per heavy atom. The van der Waals surface area contributed by atoms with Crippen molar-refractivity contribution in [3.05, 3.63) is 42.1 Å². The highest BCUT2D eigenvalue weighted by atomic mass is 16.3. The first kappa shape index (κ1) is 14.6. The Bertz CT molecular complexity index is 639. The molecule has 6 nitrogen and oxygen atoms in total. The Balaban J connectivity index is 2.01. The molecule has 1 aromatic carbocycles. The first-order valence-corrected chi connectivity index (χ1v) is 6.46. The second-order valence-electron chi connectivity index (χ2n) is 4.88. The summed E-state index contributed by atoms with van der Waals surface area (Å²) in [7, 11) is 3.80. The van der Waals surface area contributed by atoms with Crippen LogP contribution in [0.25, 0.3) is 0 Å². The van der Waals surface area contributed by atoms with Gasteiger partial charge in [-0.2, -0.15) is 0 Å². The van der Waals surface area contributed by atoms with Crippen molar-refractivity contribution in [2.45, 2.75) is 6.92 Å². The molecule has 0 saturated heterocycles. The predicted molar refractivity (Wildman–Crippen MR) is 84.0 cm³/mol. The Hall–Kier alpha value is -2.76. The average Bonchev–Trinajstić information content (AvgIpc) is 2.42. The van der Waals surface area contributed by atoms with Gasteiger partial charge in [0.1, 0.15) is 11.6 Å². The molecule has 0 aliphatic heterocycles. The SMILES string of the molecule is Cc1cc(O)ccc1NC(=O)Nc1ccc(N(C)C)nc1. The molecule has 0 saturated carbocycles. The molecule has 0 atom stereocenters. The minimum atomic E-state index is -0.358. The molecule has 0 aliphatic rings. The van der Waals surface area contributed by atoms with Gasteiger partial charge < -0.3 is 20.6 Å². The number of nitrogens with zero attached hydrogens (tertiary/aromatic N) is 2. The first-order chi connectivity index (χ1) is 9.95. The Morgan fingerprint density at radius 3 is 2.52 bits per heavy atom. The number of amides is 2. The van der Waals surface area contributed by atoms with Crippen LogP contribution in [0, 0.1) is 6.92 Å². The molecule has 3 N–H and O–H groups in total. The predicted octanol–water partition coefficient (Wildman–Crippen LogP) is 2.81. The fourth-order valence-electron chi connectivity index (χ4n) is 1.80. The zero-order valence-electron chi connectivity index (χ0n) is 12.2. The summed E-state index contributed by atoms with van der Waals surface area (Å²) in [5, 5.41) is 14.8. The molecule has 6 heteroatoms. The highest BCUT2D eigenvalue weighted by molar-refractivity contribution is 6.00. The van der Waals surface area contributed by atoms with E-state index in [1.165, 1.54) is 6.07 Å². The Labute approximate surface area is 123 Å². The molecule has 0 aliphatic carbocycles. The lowest BCUT2D eigenvalue weighted by Crippen LogP contribution is -2.20. The van der Waals surface area contributed by atoms with Gasteiger partial charge in [0.2, 0.25) is 0 Å². The van der Waals surface area contributed by atoms with E-state index in [2.05, 4.69) is 15.6 Å². The Kier molecular flexibility index (Phi) is 4.27. The topological polar surface area (TPSA) is 77.5 Å². The van der Waals surface area contributed by atoms with Crippen LogP contribution in [-0.4, -0.2) is 30.2 Å². The molecule has 0 unspecified atom stereocenters. The van der Waals surface area contributed by atoms with Crippen LogP contribution in [0.4, 0.5) is 22.0 Å². The van der Waals surface area contributed by atoms with Crippen molar-refractivity contribution in [3.63, 3.8) is 0 Å². The molecular weight excluding hydrogens is 268 g/mol. The number of nitrogens with one attached hydrogen (secondary N) is 2. The molecule has 0 spiro atoms. The van der Waals surface area contributed by atoms with Crippen LogP contribution in [0.3, 0.4) is 0 Å². The second-order valence-corrected chi connectivity index (χ2v) is 4.88. The van der Waals surface area contributed by atoms with Crippen LogP contribution < -0.4 is 15.5 Å². The van der Waals surface area contributed by atoms with Crippen molar-refractivity contribution < 1.29 is 9.90 Å². The van der Waals surface area contributed by atoms with Crippen LogP contribution >= 0.6 is 0 Å². The minimum absolute atomic E-state index is 0.168. The van der Waals surface area contributed by atoms with Gasteiger partial charge in [0.25, 0.3) is 0 Å². The largest absolute Gasteiger partial charge is 0.508 e. The number of rotatable bonds is 3. The lowest BCUT2D eigenvalue weighted by atomic mass is 10.2. The van der Waals surface area contributed by atoms with E-state index in [0.717, 1.165) is 11.4 Å². The number of hydrogen-bond acceptors (Lipinski definition) is 4. The number of phenols is 1. The van der Waals surface area contributed by atoms with E-state index < -0.39 is 0 Å². The van der Waals surface area contributed by atoms with E-state index in [9.17, 15) is 9.90 Å². The van der Waals surface area contributed by atoms with Crippen molar-refractivity contribution in [1.29, 1.82) is 0 Å². The molecule has 2 rings (SSSR count). The number of carbonyl (C=O) groups is 1. The molecule has 1 aromatic heterocycles. The molecule has 110 valence electrons. The quantitative estimate of drug-likeness (QED) is 0.758. The van der Waals surface area contributed by atoms with Crippen molar-refractivity contribution in [2.24, 2.45) is 0 Å². The Morgan fingerprint density at radius 1 is 1.19 bits per heavy atom. The molecule has 2 aromatic rings. The average molecular weight is 286 g/mol. The molecule has 0 bridgehead atoms. The number of aromatic hydroxyl groups is 1. The zero-order valence-corrected chi connectivity index (χ0v) is 12.2. The fraction of sp³-hybridized carbons (Fsp3) is 0.200. The van der Waals surface area contributed by atoms with Gasteiger partial charge in [-0.3, -0.25) is 0 Å². The summed E-state index contributed by atoms with van der Waals surface area (Å²) in [6.45, 7) is 1.81. The number of carbonyl (C=O) groups excluding carboxylic acids is 1. The van der Waals surface area contributed by atoms with Crippen LogP contribution in [-0.2, 0) is 0 Å². The summed E-state index contributed by atoms with van der Waals surface area (Å²) in [6.07, 6.45) is 1.60. The normalized spacial score (nSPS) is 10.0. The van der Waals surface area contributed by atoms with Gasteiger partial charge in [0, 0.05) is 19.8 Å². The number of urea groups is 1. The van der Waals surface area contributed by atoms with Gasteiger partial charge in [-0.1, -0.05) is 0 Å². The standard InChI is InChI=1S/C15H18N4O2/c1-10-8-12(20)5-6-13(10)18-15(21)17-11-4-7-14(16-9-11)19(2)3/h4-9,20H,1-3H3,(H2,17,18,21). The molecule has 0 radical (unpaired) electrons. The van der Waals surface area contributed by atoms with Crippen LogP contribution in [0.2, 0.25) is 0 Å². The van der Waals surface area contributed by atoms with Gasteiger partial charge in [-0.25, -0.2) is 9.78 Å². The van der Waals surface area contributed by atoms with Crippen LogP contribution in [0.5, 0.6) is 5.75 Å². The van der Waals surface area contributed by atoms with E-state index in [-0.39, 0.29) is 11.8 Å². The molecule has 1 heterocycles. The third-order valence-electron chi connectivity index (χ3n) is 2.92. The van der Waals surface area contributed by atoms with Crippen LogP contribution in [0.15, 0.2) is 36.5 Å². The van der Waals surface area contributed by atoms with Gasteiger partial charge in [-0.05, 0) is 42.8 Å². The van der Waals surface area contributed by atoms with E-state index >= 15 is 0 Å². The van der Waals surface area contributed by atoms with Gasteiger partial charge >= 0.3 is 6.03 Å². The smallest absolute Gasteiger partial charge is 0.323 e. The molecule has 21 heavy (non-hydrogen) atoms. The summed E-state index contributed by atoms with van der Waals surface area (Å²) >= 11 is 0. The number of aryl methyl sites for hydroxylation is 1. The molecular formula is C15H18N4O2. The maximum absolute atomic E-state index is 11.9. The number of hydrogen-bond donors (Lipinski definition) is 3. The zero-order chi connectivity index (χ0) is 15.4. The lowest BCUT2D eigenvalue weighted by molar-refractivity contribution is 0.262. The number of pyridine rings is 1. The molecule has 2 amide bonds. The van der Waals surface area contributed by atoms with E-state index in [4.69, 9.17) is 0 Å². The monoisotopic (exact) mass is 286 g/mol. The highest BCUT2D eigenvalue weighted by Gasteiger charge is 2.06. The summed E-state index contributed by atoms with van der Waals surface area (Å²) < 4.78 is 0. The van der Waals surface area contributed by atoms with Gasteiger partial charge in [0.05, 0.1) is 11.9 Å². The van der Waals surface area contributed by atoms with E-state index in [1.54, 1.807) is 24.4 Å². The number of phenolic OH excluding ortho intramolecular Hbond substituents is 1. The number of benzene rings is 1. The summed E-state index contributed by atoms with van der Waals surface area (Å²) in [6, 6.07) is 8.01. The number of aromatic nitrogens is 1. The minimum Gasteiger partial charge on any atom is -0.508 e. The maximum atomic E-state index is 11.9. The van der Waals surface area contributed by atoms with Crippen molar-refractivity contribution in [2.75, 3.05) is 29.6 Å². The van der Waals surface area contributed by atoms with E-state index in [0.29, 0.717) is 11.4 Å². The lowest BCUT2D eigenvalue weighted by Gasteiger charge is -2.12. The maximum Gasteiger partial charge on any atom is 0.323 e. The third-order valence-corrected chi connectivity index (χ3v) is 2.92. The first-order valence-electron chi connectivity index (χ1n) is 6.46.